The van der Waals surface area contributed by atoms with Gasteiger partial charge in [-0.15, -0.1) is 0 Å². The average Bonchev–Trinajstić information content (AvgIpc) is 1.00. The zero-order valence-corrected chi connectivity index (χ0v) is 140. The average molecular weight is 3850 g/mol. The summed E-state index contributed by atoms with van der Waals surface area (Å²) in [6.07, 6.45) is 0. The van der Waals surface area contributed by atoms with Crippen LogP contribution in [0, 0.1) is 0 Å². The van der Waals surface area contributed by atoms with E-state index in [4.69, 9.17) is 0 Å². The van der Waals surface area contributed by atoms with Gasteiger partial charge in [0.25, 0.3) is 0 Å². The Morgan fingerprint density at radius 1 is 0.0526 bits per heavy atom. The van der Waals surface area contributed by atoms with Crippen molar-refractivity contribution in [3.63, 3.8) is 0 Å². The Bertz CT molecular complexity index is 7.68. The van der Waals surface area contributed by atoms with Crippen LogP contribution in [0.3, 0.4) is 0 Å². The zero-order chi connectivity index (χ0) is 2.00. The molecule has 0 aromatic heterocycles. The second kappa shape index (κ2) is 855. The van der Waals surface area contributed by atoms with Gasteiger partial charge in [-0.3, -0.25) is 0 Å². The van der Waals surface area contributed by atoms with Gasteiger partial charge in [0, 0.05) is 1370 Å². The molecule has 0 aliphatic heterocycles. The fraction of sp³-hybridized carbons (Fsp3) is 0. The first-order chi connectivity index (χ1) is 1.00. The molecule has 0 bridgehead atoms. The molecule has 0 N–H and O–H groups in total. The Morgan fingerprint density at radius 2 is 0.0526 bits per heavy atom. The van der Waals surface area contributed by atoms with E-state index in [1.54, 1.807) is 0 Å². The molecule has 0 aromatic rings. The summed E-state index contributed by atoms with van der Waals surface area (Å²) in [6.45, 7) is 0. The Kier molecular flexibility index (Phi) is 9430. The second-order valence-electron chi connectivity index (χ2n) is 0. The maximum absolute atomic E-state index is 4.02. The third-order valence-corrected chi connectivity index (χ3v) is 0. The van der Waals surface area contributed by atoms with Crippen molar-refractivity contribution in [1.82, 2.24) is 0 Å². The molecule has 0 saturated carbocycles. The van der Waals surface area contributed by atoms with Crippen LogP contribution in [0.2, 0.25) is 0 Å². The summed E-state index contributed by atoms with van der Waals surface area (Å²) < 4.78 is 0. The quantitative estimate of drug-likeness (QED) is 0.341. The first kappa shape index (κ1) is 838. The molecule has 76 heavy (non-hydrogen) atoms. The Morgan fingerprint density at radius 3 is 0.0526 bits per heavy atom. The minimum absolute atomic E-state index is 0. The monoisotopic (exact) mass is 3850 g/mol. The SMILES string of the molecule is [S]=[V].[V].[V].[V].[V].[V].[V].[V].[V].[V].[V].[V].[V].[V].[V].[V].[V].[V].[V].[V].[V].[V].[V].[V].[V].[V].[V].[V].[V].[V].[V].[V].[V].[V].[V].[V].[V].[V].[V].[V].[V].[V].[V].[V].[V].[V].[V].[V].[V].[V].[V].[V].[V].[V].[V].[V].[V].[V].[V].[V].[V].[V].[V].[V].[V].[V].[V].[V].[V].[V].[V].[V].[V].[V].[V]. The third-order valence-electron chi connectivity index (χ3n) is 0. The van der Waals surface area contributed by atoms with E-state index in [1.165, 1.54) is 0 Å². The van der Waals surface area contributed by atoms with Crippen LogP contribution < -0.4 is 0 Å². The molecule has 76 heteroatoms. The van der Waals surface area contributed by atoms with Crippen LogP contribution in [0.25, 0.3) is 0 Å². The maximum Gasteiger partial charge on any atom is 0 e. The van der Waals surface area contributed by atoms with Crippen molar-refractivity contribution in [1.29, 1.82) is 0 Å². The largest absolute Gasteiger partial charge is 0 e. The molecule has 0 aliphatic carbocycles. The van der Waals surface area contributed by atoms with Crippen LogP contribution in [-0.4, -0.2) is 0 Å². The summed E-state index contributed by atoms with van der Waals surface area (Å²) in [5, 5.41) is 0. The van der Waals surface area contributed by atoms with Crippen LogP contribution in [0.5, 0.6) is 0 Å². The molecular weight excluding hydrogens is 3850 g/mol. The molecule has 0 heterocycles. The van der Waals surface area contributed by atoms with Crippen molar-refractivity contribution in [2.24, 2.45) is 0 Å². The van der Waals surface area contributed by atoms with Crippen molar-refractivity contribution >= 4 is 10.3 Å². The standard InChI is InChI=1S/S.75V. The van der Waals surface area contributed by atoms with E-state index >= 15 is 0 Å². The Hall–Kier alpha value is 44.1. The predicted molar refractivity (Wildman–Crippen MR) is 7.59 cm³/mol. The molecule has 0 saturated heterocycles. The maximum atomic E-state index is 4.02. The summed E-state index contributed by atoms with van der Waals surface area (Å²) >= 11 is 1.90. The van der Waals surface area contributed by atoms with Gasteiger partial charge in [0.1, 0.15) is 0 Å². The minimum atomic E-state index is 0. The fourth-order valence-electron chi connectivity index (χ4n) is 0. The number of rotatable bonds is 0. The van der Waals surface area contributed by atoms with Crippen molar-refractivity contribution in [2.45, 2.75) is 0 Å². The van der Waals surface area contributed by atoms with E-state index in [9.17, 15) is 0 Å². The zero-order valence-electron chi connectivity index (χ0n) is 33.9. The number of hydrogen-bond acceptors (Lipinski definition) is 1. The van der Waals surface area contributed by atoms with E-state index in [0.717, 1.165) is 0 Å². The third kappa shape index (κ3) is 834. The summed E-state index contributed by atoms with van der Waals surface area (Å²) in [5.74, 6) is 0. The van der Waals surface area contributed by atoms with Gasteiger partial charge >= 0.3 is 26.0 Å². The Balaban J connectivity index is -0.00000000000185. The first-order valence-corrected chi connectivity index (χ1v) is 2.26. The van der Waals surface area contributed by atoms with Crippen LogP contribution in [0.4, 0.5) is 0 Å². The van der Waals surface area contributed by atoms with Gasteiger partial charge in [0.15, 0.2) is 0 Å². The summed E-state index contributed by atoms with van der Waals surface area (Å²) in [5.41, 5.74) is 0. The topological polar surface area (TPSA) is 0 Å². The van der Waals surface area contributed by atoms with Crippen LogP contribution >= 0.6 is 10.3 Å². The molecule has 0 rings (SSSR count). The van der Waals surface area contributed by atoms with Gasteiger partial charge in [-0.1, -0.05) is 0 Å². The smallest absolute Gasteiger partial charge is 0 e. The first-order valence-electron chi connectivity index (χ1n) is 0.183. The summed E-state index contributed by atoms with van der Waals surface area (Å²) in [4.78, 5) is 0. The van der Waals surface area contributed by atoms with Crippen molar-refractivity contribution < 1.29 is 1390 Å². The van der Waals surface area contributed by atoms with Crippen LogP contribution in [-0.2, 0) is 1390 Å². The molecule has 0 aromatic carbocycles. The van der Waals surface area contributed by atoms with Crippen molar-refractivity contribution in [3.8, 4) is 0 Å². The van der Waals surface area contributed by atoms with Crippen LogP contribution in [0.1, 0.15) is 0 Å². The summed E-state index contributed by atoms with van der Waals surface area (Å²) in [7, 11) is 4.02. The van der Waals surface area contributed by atoms with Crippen LogP contribution in [0.15, 0.2) is 0 Å². The molecule has 0 nitrogen and oxygen atoms in total. The minimum Gasteiger partial charge on any atom is 0 e. The van der Waals surface area contributed by atoms with E-state index in [1.807, 2.05) is 15.7 Å². The summed E-state index contributed by atoms with van der Waals surface area (Å²) in [6, 6.07) is 0. The predicted octanol–water partition coefficient (Wildman–Crippen LogP) is 0.461. The number of hydrogen-bond donors (Lipinski definition) is 0. The van der Waals surface area contributed by atoms with Gasteiger partial charge in [-0.2, -0.15) is 0 Å². The fourth-order valence-corrected chi connectivity index (χ4v) is 0. The normalized spacial score (nSPS) is 0.0395. The van der Waals surface area contributed by atoms with Gasteiger partial charge in [-0.05, 0) is 0 Å². The van der Waals surface area contributed by atoms with Gasteiger partial charge in [-0.25, -0.2) is 0 Å². The molecule has 0 unspecified atom stereocenters. The van der Waals surface area contributed by atoms with Gasteiger partial charge in [0.05, 0.1) is 0 Å². The van der Waals surface area contributed by atoms with Gasteiger partial charge < -0.3 is 0 Å². The molecular formula is SV75. The van der Waals surface area contributed by atoms with Gasteiger partial charge in [0.2, 0.25) is 0 Å². The molecule has 381 valence electrons. The van der Waals surface area contributed by atoms with E-state index in [0.29, 0.717) is 0 Å². The molecule has 74 radical (unpaired) electrons. The molecule has 0 atom stereocenters. The second-order valence-corrected chi connectivity index (χ2v) is 0. The van der Waals surface area contributed by atoms with E-state index < -0.39 is 0 Å². The van der Waals surface area contributed by atoms with Crippen molar-refractivity contribution in [3.05, 3.63) is 0 Å². The molecule has 0 amide bonds. The van der Waals surface area contributed by atoms with Crippen molar-refractivity contribution in [2.75, 3.05) is 0 Å². The van der Waals surface area contributed by atoms with E-state index in [-0.39, 0.29) is 1370 Å². The van der Waals surface area contributed by atoms with E-state index in [2.05, 4.69) is 10.3 Å². The molecule has 0 aliphatic rings. The molecule has 0 spiro atoms. The Labute approximate surface area is 1360 Å². The molecule has 0 fully saturated rings.